The molecule has 1 aromatic carbocycles. The van der Waals surface area contributed by atoms with E-state index < -0.39 is 5.97 Å². The van der Waals surface area contributed by atoms with Crippen molar-refractivity contribution in [3.8, 4) is 0 Å². The molecular weight excluding hydrogens is 336 g/mol. The number of oxime groups is 1. The highest BCUT2D eigenvalue weighted by atomic mass is 16.6. The minimum absolute atomic E-state index is 0.101. The first-order valence-electron chi connectivity index (χ1n) is 8.61. The summed E-state index contributed by atoms with van der Waals surface area (Å²) in [5.41, 5.74) is 8.47. The summed E-state index contributed by atoms with van der Waals surface area (Å²) in [7, 11) is 0. The highest BCUT2D eigenvalue weighted by Gasteiger charge is 2.24. The van der Waals surface area contributed by atoms with Gasteiger partial charge in [-0.15, -0.1) is 0 Å². The van der Waals surface area contributed by atoms with Gasteiger partial charge in [-0.3, -0.25) is 14.6 Å². The van der Waals surface area contributed by atoms with Crippen LogP contribution in [0.1, 0.15) is 43.7 Å². The Bertz CT molecular complexity index is 698. The Hall–Kier alpha value is -2.90. The highest BCUT2D eigenvalue weighted by Crippen LogP contribution is 2.19. The van der Waals surface area contributed by atoms with Crippen molar-refractivity contribution in [2.75, 3.05) is 13.1 Å². The van der Waals surface area contributed by atoms with Crippen molar-refractivity contribution in [1.82, 2.24) is 5.32 Å². The number of nitrogens with two attached hydrogens (primary N) is 1. The number of benzene rings is 1. The summed E-state index contributed by atoms with van der Waals surface area (Å²) in [5.74, 6) is -0.682. The molecule has 0 bridgehead atoms. The average molecular weight is 360 g/mol. The molecule has 1 heterocycles. The summed E-state index contributed by atoms with van der Waals surface area (Å²) in [4.78, 5) is 31.8. The predicted molar refractivity (Wildman–Crippen MR) is 98.2 cm³/mol. The van der Waals surface area contributed by atoms with Gasteiger partial charge in [0.25, 0.3) is 0 Å². The molecule has 1 aromatic rings. The summed E-state index contributed by atoms with van der Waals surface area (Å²) in [6, 6.07) is 7.58. The molecule has 0 radical (unpaired) electrons. The van der Waals surface area contributed by atoms with Gasteiger partial charge in [-0.1, -0.05) is 36.3 Å². The van der Waals surface area contributed by atoms with E-state index in [2.05, 4.69) is 15.5 Å². The van der Waals surface area contributed by atoms with Gasteiger partial charge in [0, 0.05) is 25.1 Å². The molecule has 26 heavy (non-hydrogen) atoms. The Balaban J connectivity index is 1.84. The fraction of sp³-hybridized carbons (Fsp3) is 0.444. The number of carbonyl (C=O) groups excluding carboxylic acids is 1. The molecule has 2 rings (SSSR count). The smallest absolute Gasteiger partial charge is 0.305 e. The number of carboxylic acid groups (broad SMARTS) is 1. The van der Waals surface area contributed by atoms with Crippen LogP contribution in [0.15, 0.2) is 34.4 Å². The molecule has 0 aromatic heterocycles. The van der Waals surface area contributed by atoms with Crippen LogP contribution in [0.25, 0.3) is 0 Å². The molecule has 0 aliphatic carbocycles. The van der Waals surface area contributed by atoms with E-state index in [1.54, 1.807) is 0 Å². The van der Waals surface area contributed by atoms with Crippen LogP contribution in [-0.2, 0) is 14.4 Å². The number of amides is 1. The van der Waals surface area contributed by atoms with Gasteiger partial charge in [0.15, 0.2) is 0 Å². The van der Waals surface area contributed by atoms with Crippen LogP contribution in [0.3, 0.4) is 0 Å². The van der Waals surface area contributed by atoms with E-state index in [9.17, 15) is 9.59 Å². The maximum Gasteiger partial charge on any atom is 0.305 e. The molecule has 4 N–H and O–H groups in total. The van der Waals surface area contributed by atoms with Crippen LogP contribution in [0.4, 0.5) is 0 Å². The van der Waals surface area contributed by atoms with Gasteiger partial charge < -0.3 is 21.0 Å². The lowest BCUT2D eigenvalue weighted by Gasteiger charge is -2.08. The van der Waals surface area contributed by atoms with Crippen molar-refractivity contribution in [3.05, 3.63) is 35.4 Å². The topological polar surface area (TPSA) is 126 Å². The molecule has 8 heteroatoms. The first-order chi connectivity index (χ1) is 12.5. The summed E-state index contributed by atoms with van der Waals surface area (Å²) in [6.45, 7) is 2.85. The summed E-state index contributed by atoms with van der Waals surface area (Å²) < 4.78 is 0. The van der Waals surface area contributed by atoms with Crippen LogP contribution in [-0.4, -0.2) is 47.7 Å². The Labute approximate surface area is 152 Å². The second kappa shape index (κ2) is 9.55. The van der Waals surface area contributed by atoms with Crippen LogP contribution in [0.2, 0.25) is 0 Å². The lowest BCUT2D eigenvalue weighted by atomic mass is 10.0. The highest BCUT2D eigenvalue weighted by molar-refractivity contribution is 6.03. The first-order valence-corrected chi connectivity index (χ1v) is 8.61. The minimum atomic E-state index is -0.947. The number of carbonyl (C=O) groups is 2. The standard InChI is InChI=1S/C18H24N4O4/c1-2-8-21-18(19)13-5-3-12(4-6-13)15-10-14(26-22-15)11-16(23)20-9-7-17(24)25/h3-6,14H,2,7-11H2,1H3,(H2,19,21)(H,20,23)(H,24,25)/t14-/m1/s1. The third kappa shape index (κ3) is 5.87. The number of amidine groups is 1. The number of aliphatic carboxylic acids is 1. The molecule has 1 amide bonds. The summed E-state index contributed by atoms with van der Waals surface area (Å²) in [6.07, 6.45) is 1.16. The van der Waals surface area contributed by atoms with Crippen molar-refractivity contribution in [2.24, 2.45) is 15.9 Å². The zero-order chi connectivity index (χ0) is 18.9. The molecule has 140 valence electrons. The van der Waals surface area contributed by atoms with Gasteiger partial charge in [0.05, 0.1) is 18.6 Å². The summed E-state index contributed by atoms with van der Waals surface area (Å²) in [5, 5.41) is 15.2. The van der Waals surface area contributed by atoms with Crippen molar-refractivity contribution in [1.29, 1.82) is 0 Å². The number of carboxylic acids is 1. The normalized spacial score (nSPS) is 16.7. The quantitative estimate of drug-likeness (QED) is 0.452. The number of hydrogen-bond donors (Lipinski definition) is 3. The molecule has 8 nitrogen and oxygen atoms in total. The Morgan fingerprint density at radius 1 is 1.38 bits per heavy atom. The molecular formula is C18H24N4O4. The predicted octanol–water partition coefficient (Wildman–Crippen LogP) is 1.28. The maximum atomic E-state index is 11.8. The van der Waals surface area contributed by atoms with Crippen LogP contribution < -0.4 is 11.1 Å². The largest absolute Gasteiger partial charge is 0.481 e. The van der Waals surface area contributed by atoms with Gasteiger partial charge in [0.2, 0.25) is 5.91 Å². The van der Waals surface area contributed by atoms with Gasteiger partial charge in [-0.2, -0.15) is 0 Å². The Kier molecular flexibility index (Phi) is 7.13. The second-order valence-electron chi connectivity index (χ2n) is 6.01. The molecule has 1 aliphatic rings. The first kappa shape index (κ1) is 19.4. The molecule has 0 spiro atoms. The number of rotatable bonds is 9. The van der Waals surface area contributed by atoms with E-state index in [0.29, 0.717) is 18.8 Å². The summed E-state index contributed by atoms with van der Waals surface area (Å²) >= 11 is 0. The Morgan fingerprint density at radius 3 is 2.77 bits per heavy atom. The van der Waals surface area contributed by atoms with E-state index in [1.165, 1.54) is 0 Å². The van der Waals surface area contributed by atoms with E-state index in [4.69, 9.17) is 15.7 Å². The number of nitrogens with zero attached hydrogens (tertiary/aromatic N) is 2. The third-order valence-electron chi connectivity index (χ3n) is 3.83. The molecule has 1 atom stereocenters. The van der Waals surface area contributed by atoms with E-state index in [0.717, 1.165) is 23.3 Å². The van der Waals surface area contributed by atoms with Gasteiger partial charge in [0.1, 0.15) is 11.9 Å². The Morgan fingerprint density at radius 2 is 2.12 bits per heavy atom. The lowest BCUT2D eigenvalue weighted by molar-refractivity contribution is -0.136. The van der Waals surface area contributed by atoms with Crippen LogP contribution >= 0.6 is 0 Å². The van der Waals surface area contributed by atoms with Crippen LogP contribution in [0.5, 0.6) is 0 Å². The third-order valence-corrected chi connectivity index (χ3v) is 3.83. The average Bonchev–Trinajstić information content (AvgIpc) is 3.07. The van der Waals surface area contributed by atoms with E-state index >= 15 is 0 Å². The minimum Gasteiger partial charge on any atom is -0.481 e. The fourth-order valence-electron chi connectivity index (χ4n) is 2.45. The zero-order valence-corrected chi connectivity index (χ0v) is 14.8. The maximum absolute atomic E-state index is 11.8. The van der Waals surface area contributed by atoms with E-state index in [-0.39, 0.29) is 31.4 Å². The van der Waals surface area contributed by atoms with Crippen LogP contribution in [0, 0.1) is 0 Å². The monoisotopic (exact) mass is 360 g/mol. The SMILES string of the molecule is CCCN=C(N)c1ccc(C2=NO[C@@H](CC(=O)NCCC(=O)O)C2)cc1. The second-order valence-corrected chi connectivity index (χ2v) is 6.01. The number of hydrogen-bond acceptors (Lipinski definition) is 5. The number of aliphatic imine (C=N–C) groups is 1. The number of nitrogens with one attached hydrogen (secondary N) is 1. The lowest BCUT2D eigenvalue weighted by Crippen LogP contribution is -2.29. The fourth-order valence-corrected chi connectivity index (χ4v) is 2.45. The molecule has 0 fully saturated rings. The van der Waals surface area contributed by atoms with Crippen molar-refractivity contribution >= 4 is 23.4 Å². The van der Waals surface area contributed by atoms with Crippen molar-refractivity contribution in [2.45, 2.75) is 38.7 Å². The van der Waals surface area contributed by atoms with Gasteiger partial charge in [-0.05, 0) is 12.0 Å². The molecule has 0 unspecified atom stereocenters. The van der Waals surface area contributed by atoms with Gasteiger partial charge >= 0.3 is 5.97 Å². The molecule has 0 saturated heterocycles. The molecule has 1 aliphatic heterocycles. The van der Waals surface area contributed by atoms with Gasteiger partial charge in [-0.25, -0.2) is 0 Å². The van der Waals surface area contributed by atoms with Crippen molar-refractivity contribution in [3.63, 3.8) is 0 Å². The molecule has 0 saturated carbocycles. The zero-order valence-electron chi connectivity index (χ0n) is 14.8. The van der Waals surface area contributed by atoms with Crippen molar-refractivity contribution < 1.29 is 19.5 Å². The van der Waals surface area contributed by atoms with E-state index in [1.807, 2.05) is 31.2 Å².